The van der Waals surface area contributed by atoms with E-state index in [2.05, 4.69) is 39.3 Å². The van der Waals surface area contributed by atoms with Crippen LogP contribution in [0, 0.1) is 0 Å². The summed E-state index contributed by atoms with van der Waals surface area (Å²) in [7, 11) is 0. The second-order valence-electron chi connectivity index (χ2n) is 6.52. The van der Waals surface area contributed by atoms with Crippen molar-refractivity contribution in [3.05, 3.63) is 36.6 Å². The van der Waals surface area contributed by atoms with E-state index in [9.17, 15) is 4.79 Å². The summed E-state index contributed by atoms with van der Waals surface area (Å²) in [6.45, 7) is 5.26. The summed E-state index contributed by atoms with van der Waals surface area (Å²) in [4.78, 5) is 27.1. The molecule has 1 aromatic rings. The number of nitrogens with one attached hydrogen (secondary N) is 2. The van der Waals surface area contributed by atoms with Crippen LogP contribution in [0.5, 0.6) is 0 Å². The fourth-order valence-corrected chi connectivity index (χ4v) is 3.42. The molecule has 2 aliphatic rings. The predicted octanol–water partition coefficient (Wildman–Crippen LogP) is 1.33. The van der Waals surface area contributed by atoms with Crippen molar-refractivity contribution >= 4 is 23.3 Å². The number of carbonyl (C=O) groups excluding carboxylic acids is 1. The molecule has 2 N–H and O–H groups in total. The Balaban J connectivity index is 2.07. The summed E-state index contributed by atoms with van der Waals surface area (Å²) in [6, 6.07) is 0. The molecular weight excluding hydrogens is 328 g/mol. The minimum absolute atomic E-state index is 0.0564. The van der Waals surface area contributed by atoms with Gasteiger partial charge in [-0.1, -0.05) is 0 Å². The predicted molar refractivity (Wildman–Crippen MR) is 92.3 cm³/mol. The number of alkyl halides is 1. The van der Waals surface area contributed by atoms with E-state index in [0.717, 1.165) is 24.9 Å². The van der Waals surface area contributed by atoms with Gasteiger partial charge in [0.15, 0.2) is 0 Å². The summed E-state index contributed by atoms with van der Waals surface area (Å²) < 4.78 is 0. The van der Waals surface area contributed by atoms with E-state index in [1.807, 2.05) is 0 Å². The van der Waals surface area contributed by atoms with Crippen LogP contribution in [0.25, 0.3) is 0 Å². The number of likely N-dealkylation sites (tertiary alicyclic amines) is 1. The molecule has 8 heteroatoms. The maximum Gasteiger partial charge on any atom is 0.240 e. The third-order valence-corrected chi connectivity index (χ3v) is 4.69. The molecule has 7 nitrogen and oxygen atoms in total. The van der Waals surface area contributed by atoms with Gasteiger partial charge in [-0.05, 0) is 32.8 Å². The highest BCUT2D eigenvalue weighted by atomic mass is 35.5. The summed E-state index contributed by atoms with van der Waals surface area (Å²) in [5.74, 6) is -0.797. The largest absolute Gasteiger partial charge is 0.351 e. The second kappa shape index (κ2) is 6.49. The quantitative estimate of drug-likeness (QED) is 0.805. The summed E-state index contributed by atoms with van der Waals surface area (Å²) in [5, 5.41) is 6.09. The number of amides is 1. The highest BCUT2D eigenvalue weighted by molar-refractivity contribution is 6.28. The average molecular weight is 349 g/mol. The van der Waals surface area contributed by atoms with Crippen LogP contribution in [0.4, 0.5) is 0 Å². The Morgan fingerprint density at radius 3 is 2.79 bits per heavy atom. The van der Waals surface area contributed by atoms with Gasteiger partial charge in [-0.15, -0.1) is 11.6 Å². The summed E-state index contributed by atoms with van der Waals surface area (Å²) in [6.07, 6.45) is 10.6. The Morgan fingerprint density at radius 1 is 1.42 bits per heavy atom. The van der Waals surface area contributed by atoms with Gasteiger partial charge in [-0.25, -0.2) is 15.0 Å². The van der Waals surface area contributed by atoms with Gasteiger partial charge in [0.1, 0.15) is 18.0 Å². The first kappa shape index (κ1) is 16.9. The molecule has 1 unspecified atom stereocenters. The fourth-order valence-electron chi connectivity index (χ4n) is 3.35. The van der Waals surface area contributed by atoms with E-state index in [-0.39, 0.29) is 17.3 Å². The molecule has 0 radical (unpaired) electrons. The van der Waals surface area contributed by atoms with Crippen LogP contribution in [0.1, 0.15) is 32.3 Å². The van der Waals surface area contributed by atoms with Crippen LogP contribution in [0.15, 0.2) is 36.0 Å². The highest BCUT2D eigenvalue weighted by Gasteiger charge is 2.49. The number of hydrogen-bond acceptors (Lipinski definition) is 6. The van der Waals surface area contributed by atoms with Gasteiger partial charge >= 0.3 is 0 Å². The van der Waals surface area contributed by atoms with Crippen molar-refractivity contribution in [2.75, 3.05) is 12.4 Å². The number of rotatable bonds is 3. The number of carbonyl (C=O) groups is 1. The lowest BCUT2D eigenvalue weighted by Crippen LogP contribution is -2.60. The Morgan fingerprint density at radius 2 is 2.17 bits per heavy atom. The first-order valence-corrected chi connectivity index (χ1v) is 8.44. The number of hydrogen-bond donors (Lipinski definition) is 2. The summed E-state index contributed by atoms with van der Waals surface area (Å²) in [5.41, 5.74) is 0.765. The standard InChI is InChI=1S/C16H21ClN6O/c1-15(2)5-3-7-23(15)16(12-9-18-11-19-10-12)20-6-4-13(22-16)21-14(24)8-17/h4,6,9-11,20H,3,5,7-8H2,1-2H3,(H,21,22,24). The van der Waals surface area contributed by atoms with Crippen molar-refractivity contribution in [2.45, 2.75) is 38.0 Å². The normalized spacial score (nSPS) is 25.9. The lowest BCUT2D eigenvalue weighted by atomic mass is 9.98. The van der Waals surface area contributed by atoms with Gasteiger partial charge < -0.3 is 10.6 Å². The number of aliphatic imine (C=N–C) groups is 1. The second-order valence-corrected chi connectivity index (χ2v) is 6.79. The molecule has 0 saturated carbocycles. The third kappa shape index (κ3) is 3.01. The van der Waals surface area contributed by atoms with Gasteiger partial charge in [0.05, 0.1) is 5.56 Å². The average Bonchev–Trinajstić information content (AvgIpc) is 2.95. The Labute approximate surface area is 146 Å². The van der Waals surface area contributed by atoms with E-state index in [4.69, 9.17) is 16.6 Å². The van der Waals surface area contributed by atoms with Gasteiger partial charge in [0.2, 0.25) is 11.7 Å². The SMILES string of the molecule is CC1(C)CCCN1C1(c2cncnc2)N=C(NC(=O)CCl)C=CN1. The lowest BCUT2D eigenvalue weighted by molar-refractivity contribution is -0.117. The molecule has 1 fully saturated rings. The highest BCUT2D eigenvalue weighted by Crippen LogP contribution is 2.40. The fraction of sp³-hybridized carbons (Fsp3) is 0.500. The number of nitrogens with zero attached hydrogens (tertiary/aromatic N) is 4. The Bertz CT molecular complexity index is 674. The Hall–Kier alpha value is -1.99. The van der Waals surface area contributed by atoms with Crippen molar-refractivity contribution in [2.24, 2.45) is 4.99 Å². The van der Waals surface area contributed by atoms with Crippen LogP contribution in [0.3, 0.4) is 0 Å². The van der Waals surface area contributed by atoms with Crippen LogP contribution in [-0.4, -0.2) is 44.6 Å². The molecule has 0 aromatic carbocycles. The van der Waals surface area contributed by atoms with Gasteiger partial charge in [-0.2, -0.15) is 0 Å². The van der Waals surface area contributed by atoms with Gasteiger partial charge in [0.25, 0.3) is 0 Å². The minimum atomic E-state index is -0.856. The molecule has 3 rings (SSSR count). The zero-order valence-electron chi connectivity index (χ0n) is 13.8. The van der Waals surface area contributed by atoms with Gasteiger partial charge in [0, 0.05) is 30.7 Å². The minimum Gasteiger partial charge on any atom is -0.351 e. The van der Waals surface area contributed by atoms with Crippen molar-refractivity contribution in [3.63, 3.8) is 0 Å². The molecule has 24 heavy (non-hydrogen) atoms. The smallest absolute Gasteiger partial charge is 0.240 e. The molecule has 2 aliphatic heterocycles. The van der Waals surface area contributed by atoms with E-state index in [1.165, 1.54) is 6.33 Å². The number of amidine groups is 1. The lowest BCUT2D eigenvalue weighted by Gasteiger charge is -2.46. The molecule has 1 amide bonds. The molecule has 3 heterocycles. The molecule has 0 bridgehead atoms. The van der Waals surface area contributed by atoms with Crippen LogP contribution in [0.2, 0.25) is 0 Å². The van der Waals surface area contributed by atoms with E-state index >= 15 is 0 Å². The third-order valence-electron chi connectivity index (χ3n) is 4.45. The van der Waals surface area contributed by atoms with Crippen LogP contribution < -0.4 is 10.6 Å². The van der Waals surface area contributed by atoms with Crippen molar-refractivity contribution in [3.8, 4) is 0 Å². The number of aromatic nitrogens is 2. The maximum absolute atomic E-state index is 11.7. The molecule has 1 aromatic heterocycles. The first-order valence-electron chi connectivity index (χ1n) is 7.91. The van der Waals surface area contributed by atoms with E-state index < -0.39 is 5.79 Å². The maximum atomic E-state index is 11.7. The zero-order valence-corrected chi connectivity index (χ0v) is 14.5. The molecule has 1 saturated heterocycles. The van der Waals surface area contributed by atoms with Crippen molar-refractivity contribution < 1.29 is 4.79 Å². The van der Waals surface area contributed by atoms with Crippen molar-refractivity contribution in [1.82, 2.24) is 25.5 Å². The topological polar surface area (TPSA) is 82.5 Å². The van der Waals surface area contributed by atoms with Crippen LogP contribution in [-0.2, 0) is 10.6 Å². The Kier molecular flexibility index (Phi) is 4.56. The van der Waals surface area contributed by atoms with E-state index in [0.29, 0.717) is 5.84 Å². The van der Waals surface area contributed by atoms with Crippen molar-refractivity contribution in [1.29, 1.82) is 0 Å². The van der Waals surface area contributed by atoms with Crippen LogP contribution >= 0.6 is 11.6 Å². The molecule has 0 aliphatic carbocycles. The molecule has 1 atom stereocenters. The van der Waals surface area contributed by atoms with Gasteiger partial charge in [-0.3, -0.25) is 9.69 Å². The molecular formula is C16H21ClN6O. The molecule has 0 spiro atoms. The summed E-state index contributed by atoms with van der Waals surface area (Å²) >= 11 is 5.59. The van der Waals surface area contributed by atoms with E-state index in [1.54, 1.807) is 24.7 Å². The molecule has 128 valence electrons. The number of halogens is 1. The monoisotopic (exact) mass is 348 g/mol. The first-order chi connectivity index (χ1) is 11.5. The zero-order chi connectivity index (χ0) is 17.2.